The van der Waals surface area contributed by atoms with Gasteiger partial charge in [-0.05, 0) is 91.7 Å². The van der Waals surface area contributed by atoms with E-state index in [1.54, 1.807) is 49.4 Å². The van der Waals surface area contributed by atoms with Crippen molar-refractivity contribution in [3.8, 4) is 40.0 Å². The molecule has 0 spiro atoms. The normalized spacial score (nSPS) is 16.7. The standard InChI is InChI=1S/C49H62N10O7/c1-28-24-35(29(2)55-42(28)32-9-12-34(13-10-32)49(4,5)6)45(61)57-38(16-17-50)48(64)59(7)43-33-11-15-41(66-23-20-53)37(27-33)36-25-31(8-14-40(36)65-22-19-52)26-39(46(62)54-21-18-51)58-44(60)30(3)56-47(43)63/h8-15,24-25,27,30,38-39,43H,16-17,19-23,26,50,52-53H2,1-7H3,(H,54,62)(H,56,63)(H,57,61)(H,58,60)/t30-,38-,39-,43-/m0/s1. The van der Waals surface area contributed by atoms with Crippen LogP contribution in [0.3, 0.4) is 0 Å². The van der Waals surface area contributed by atoms with E-state index in [0.717, 1.165) is 16.8 Å². The van der Waals surface area contributed by atoms with Crippen molar-refractivity contribution < 1.29 is 33.4 Å². The van der Waals surface area contributed by atoms with Crippen molar-refractivity contribution in [1.29, 1.82) is 5.26 Å². The van der Waals surface area contributed by atoms with Crippen LogP contribution in [0.4, 0.5) is 0 Å². The average Bonchev–Trinajstić information content (AvgIpc) is 3.29. The highest BCUT2D eigenvalue weighted by molar-refractivity contribution is 6.00. The number of nitrogens with zero attached hydrogens (tertiary/aromatic N) is 3. The van der Waals surface area contributed by atoms with Crippen LogP contribution in [0.1, 0.15) is 78.5 Å². The first-order valence-corrected chi connectivity index (χ1v) is 22.0. The van der Waals surface area contributed by atoms with Crippen LogP contribution < -0.4 is 47.9 Å². The Morgan fingerprint density at radius 3 is 2.14 bits per heavy atom. The number of carbonyl (C=O) groups excluding carboxylic acids is 5. The van der Waals surface area contributed by atoms with Gasteiger partial charge in [-0.15, -0.1) is 0 Å². The summed E-state index contributed by atoms with van der Waals surface area (Å²) in [6.07, 6.45) is 0.0259. The molecular weight excluding hydrogens is 841 g/mol. The summed E-state index contributed by atoms with van der Waals surface area (Å²) in [5.41, 5.74) is 23.9. The van der Waals surface area contributed by atoms with Crippen LogP contribution in [0.5, 0.6) is 11.5 Å². The van der Waals surface area contributed by atoms with Crippen LogP contribution >= 0.6 is 0 Å². The summed E-state index contributed by atoms with van der Waals surface area (Å²) in [5, 5.41) is 20.0. The minimum Gasteiger partial charge on any atom is -0.492 e. The summed E-state index contributed by atoms with van der Waals surface area (Å²) in [4.78, 5) is 76.5. The van der Waals surface area contributed by atoms with E-state index in [9.17, 15) is 29.2 Å². The lowest BCUT2D eigenvalue weighted by molar-refractivity contribution is -0.141. The molecule has 1 aromatic heterocycles. The molecule has 0 saturated carbocycles. The maximum absolute atomic E-state index is 14.7. The van der Waals surface area contributed by atoms with Gasteiger partial charge in [0.25, 0.3) is 5.91 Å². The smallest absolute Gasteiger partial charge is 0.253 e. The van der Waals surface area contributed by atoms with E-state index in [-0.39, 0.29) is 63.2 Å². The predicted octanol–water partition coefficient (Wildman–Crippen LogP) is 2.84. The molecule has 0 fully saturated rings. The first-order chi connectivity index (χ1) is 31.4. The molecule has 0 saturated heterocycles. The topological polar surface area (TPSA) is 270 Å². The Morgan fingerprint density at radius 2 is 1.53 bits per heavy atom. The molecule has 350 valence electrons. The molecule has 3 aromatic carbocycles. The molecule has 10 N–H and O–H groups in total. The molecule has 4 atom stereocenters. The van der Waals surface area contributed by atoms with Crippen molar-refractivity contribution in [3.05, 3.63) is 100 Å². The Bertz CT molecular complexity index is 2460. The van der Waals surface area contributed by atoms with Crippen LogP contribution in [-0.4, -0.2) is 104 Å². The maximum atomic E-state index is 14.7. The van der Waals surface area contributed by atoms with Crippen molar-refractivity contribution in [3.63, 3.8) is 0 Å². The lowest BCUT2D eigenvalue weighted by Gasteiger charge is -2.32. The molecule has 1 aliphatic rings. The molecule has 0 unspecified atom stereocenters. The number of rotatable bonds is 15. The fourth-order valence-electron chi connectivity index (χ4n) is 7.72. The molecule has 0 aliphatic carbocycles. The summed E-state index contributed by atoms with van der Waals surface area (Å²) >= 11 is 0. The third-order valence-electron chi connectivity index (χ3n) is 11.3. The number of likely N-dealkylation sites (N-methyl/N-ethyl adjacent to an activating group) is 1. The minimum absolute atomic E-state index is 0.00534. The van der Waals surface area contributed by atoms with Crippen molar-refractivity contribution in [1.82, 2.24) is 31.2 Å². The zero-order valence-corrected chi connectivity index (χ0v) is 38.7. The second-order valence-electron chi connectivity index (χ2n) is 17.3. The fraction of sp³-hybridized carbons (Fsp3) is 0.408. The van der Waals surface area contributed by atoms with Crippen molar-refractivity contribution in [2.45, 2.75) is 84.0 Å². The Kier molecular flexibility index (Phi) is 17.0. The number of aromatic nitrogens is 1. The molecular formula is C49H62N10O7. The molecule has 1 aliphatic heterocycles. The highest BCUT2D eigenvalue weighted by Gasteiger charge is 2.36. The van der Waals surface area contributed by atoms with Gasteiger partial charge in [-0.3, -0.25) is 29.0 Å². The van der Waals surface area contributed by atoms with Gasteiger partial charge >= 0.3 is 0 Å². The van der Waals surface area contributed by atoms with Gasteiger partial charge < -0.3 is 52.8 Å². The minimum atomic E-state index is -1.39. The Balaban J connectivity index is 1.57. The maximum Gasteiger partial charge on any atom is 0.253 e. The third-order valence-corrected chi connectivity index (χ3v) is 11.3. The molecule has 0 radical (unpaired) electrons. The van der Waals surface area contributed by atoms with Crippen molar-refractivity contribution in [2.24, 2.45) is 17.2 Å². The van der Waals surface area contributed by atoms with Crippen LogP contribution in [0, 0.1) is 25.2 Å². The van der Waals surface area contributed by atoms with E-state index in [2.05, 4.69) is 54.2 Å². The molecule has 4 bridgehead atoms. The zero-order chi connectivity index (χ0) is 48.3. The number of fused-ring (bicyclic) bond motifs is 5. The highest BCUT2D eigenvalue weighted by atomic mass is 16.5. The lowest BCUT2D eigenvalue weighted by Crippen LogP contribution is -2.56. The number of pyridine rings is 1. The molecule has 66 heavy (non-hydrogen) atoms. The van der Waals surface area contributed by atoms with E-state index in [1.807, 2.05) is 25.1 Å². The summed E-state index contributed by atoms with van der Waals surface area (Å²) in [6, 6.07) is 17.0. The quantitative estimate of drug-likeness (QED) is 0.0850. The Labute approximate surface area is 386 Å². The molecule has 17 heteroatoms. The number of nitriles is 1. The Hall–Kier alpha value is -6.87. The van der Waals surface area contributed by atoms with Crippen LogP contribution in [0.15, 0.2) is 66.7 Å². The number of nitrogens with two attached hydrogens (primary N) is 3. The lowest BCUT2D eigenvalue weighted by atomic mass is 9.86. The van der Waals surface area contributed by atoms with E-state index in [1.165, 1.54) is 24.4 Å². The van der Waals surface area contributed by atoms with Gasteiger partial charge in [0.15, 0.2) is 0 Å². The average molecular weight is 903 g/mol. The monoisotopic (exact) mass is 902 g/mol. The largest absolute Gasteiger partial charge is 0.492 e. The first kappa shape index (κ1) is 50.1. The molecule has 5 rings (SSSR count). The van der Waals surface area contributed by atoms with E-state index in [0.29, 0.717) is 39.4 Å². The SMILES string of the molecule is Cc1cc(C(=O)N[C@@H](CCN)C(=O)N(C)[C@@H]2C(=O)N[C@@H](C)C(=O)N[C@H](C(=O)NCC#N)Cc3ccc(OCCN)c(c3)-c3cc2ccc3OCCN)c(C)nc1-c1ccc(C(C)(C)C)cc1. The van der Waals surface area contributed by atoms with Crippen LogP contribution in [-0.2, 0) is 31.0 Å². The van der Waals surface area contributed by atoms with E-state index < -0.39 is 53.7 Å². The summed E-state index contributed by atoms with van der Waals surface area (Å²) in [5.74, 6) is -2.47. The van der Waals surface area contributed by atoms with Crippen molar-refractivity contribution >= 4 is 29.5 Å². The van der Waals surface area contributed by atoms with Gasteiger partial charge in [0.05, 0.1) is 23.0 Å². The zero-order valence-electron chi connectivity index (χ0n) is 38.7. The van der Waals surface area contributed by atoms with Gasteiger partial charge in [0, 0.05) is 43.2 Å². The number of hydrogen-bond acceptors (Lipinski definition) is 12. The second-order valence-corrected chi connectivity index (χ2v) is 17.3. The van der Waals surface area contributed by atoms with Crippen LogP contribution in [0.25, 0.3) is 22.4 Å². The number of hydrogen-bond donors (Lipinski definition) is 7. The third kappa shape index (κ3) is 12.1. The van der Waals surface area contributed by atoms with Gasteiger partial charge in [-0.2, -0.15) is 5.26 Å². The highest BCUT2D eigenvalue weighted by Crippen LogP contribution is 2.40. The summed E-state index contributed by atoms with van der Waals surface area (Å²) in [6.45, 7) is 11.9. The van der Waals surface area contributed by atoms with Gasteiger partial charge in [-0.1, -0.05) is 57.2 Å². The molecule has 5 amide bonds. The number of aryl methyl sites for hydroxylation is 2. The molecule has 17 nitrogen and oxygen atoms in total. The molecule has 2 heterocycles. The van der Waals surface area contributed by atoms with E-state index >= 15 is 0 Å². The number of nitrogens with one attached hydrogen (secondary N) is 4. The summed E-state index contributed by atoms with van der Waals surface area (Å²) in [7, 11) is 1.43. The Morgan fingerprint density at radius 1 is 0.894 bits per heavy atom. The van der Waals surface area contributed by atoms with Gasteiger partial charge in [0.2, 0.25) is 23.6 Å². The second kappa shape index (κ2) is 22.4. The molecule has 4 aromatic rings. The van der Waals surface area contributed by atoms with Crippen LogP contribution in [0.2, 0.25) is 0 Å². The predicted molar refractivity (Wildman–Crippen MR) is 251 cm³/mol. The van der Waals surface area contributed by atoms with Gasteiger partial charge in [0.1, 0.15) is 55.4 Å². The van der Waals surface area contributed by atoms with Gasteiger partial charge in [-0.25, -0.2) is 0 Å². The fourth-order valence-corrected chi connectivity index (χ4v) is 7.72. The van der Waals surface area contributed by atoms with E-state index in [4.69, 9.17) is 31.7 Å². The summed E-state index contributed by atoms with van der Waals surface area (Å²) < 4.78 is 12.2. The number of ether oxygens (including phenoxy) is 2. The number of amides is 5. The van der Waals surface area contributed by atoms with Crippen molar-refractivity contribution in [2.75, 3.05) is 46.4 Å². The first-order valence-electron chi connectivity index (χ1n) is 22.0. The number of benzene rings is 3. The number of carbonyl (C=O) groups is 5.